The van der Waals surface area contributed by atoms with Gasteiger partial charge in [0.1, 0.15) is 6.04 Å². The van der Waals surface area contributed by atoms with Crippen molar-refractivity contribution in [2.24, 2.45) is 11.1 Å². The molecule has 0 aromatic heterocycles. The molecule has 2 aliphatic rings. The second-order valence-electron chi connectivity index (χ2n) is 7.76. The van der Waals surface area contributed by atoms with Gasteiger partial charge in [-0.25, -0.2) is 0 Å². The maximum atomic E-state index is 13.0. The Bertz CT molecular complexity index is 818. The van der Waals surface area contributed by atoms with Crippen molar-refractivity contribution in [3.8, 4) is 0 Å². The molecule has 0 spiro atoms. The first-order chi connectivity index (χ1) is 12.7. The van der Waals surface area contributed by atoms with E-state index in [0.717, 1.165) is 4.90 Å². The molecule has 27 heavy (non-hydrogen) atoms. The molecule has 8 heteroatoms. The predicted molar refractivity (Wildman–Crippen MR) is 97.7 cm³/mol. The summed E-state index contributed by atoms with van der Waals surface area (Å²) in [6.07, 6.45) is 0.251. The highest BCUT2D eigenvalue weighted by atomic mass is 16.2. The Morgan fingerprint density at radius 2 is 1.96 bits per heavy atom. The molecule has 8 nitrogen and oxygen atoms in total. The van der Waals surface area contributed by atoms with Crippen molar-refractivity contribution >= 4 is 23.6 Å². The standard InChI is InChI=1S/C19H24N4O4/c1-19(2,9-20)10-21-8-11-4-3-5-12-15(11)18(27)23(17(12)26)13-6-7-14(24)22-16(13)25/h3-5,13,21H,6-10,20H2,1-2H3,(H,22,24,25). The van der Waals surface area contributed by atoms with Gasteiger partial charge in [0.2, 0.25) is 11.8 Å². The number of imide groups is 2. The lowest BCUT2D eigenvalue weighted by molar-refractivity contribution is -0.136. The van der Waals surface area contributed by atoms with Crippen LogP contribution in [0.15, 0.2) is 18.2 Å². The molecule has 0 aliphatic carbocycles. The van der Waals surface area contributed by atoms with E-state index in [1.54, 1.807) is 18.2 Å². The summed E-state index contributed by atoms with van der Waals surface area (Å²) in [6, 6.07) is 4.16. The highest BCUT2D eigenvalue weighted by Crippen LogP contribution is 2.30. The minimum Gasteiger partial charge on any atom is -0.330 e. The fraction of sp³-hybridized carbons (Fsp3) is 0.474. The van der Waals surface area contributed by atoms with E-state index in [4.69, 9.17) is 5.73 Å². The molecule has 0 bridgehead atoms. The summed E-state index contributed by atoms with van der Waals surface area (Å²) in [5.41, 5.74) is 6.97. The maximum Gasteiger partial charge on any atom is 0.262 e. The molecule has 2 heterocycles. The first-order valence-corrected chi connectivity index (χ1v) is 8.99. The number of benzene rings is 1. The summed E-state index contributed by atoms with van der Waals surface area (Å²) in [5.74, 6) is -1.97. The normalized spacial score (nSPS) is 20.1. The summed E-state index contributed by atoms with van der Waals surface area (Å²) in [6.45, 7) is 5.66. The van der Waals surface area contributed by atoms with Crippen molar-refractivity contribution in [2.75, 3.05) is 13.1 Å². The van der Waals surface area contributed by atoms with E-state index in [9.17, 15) is 19.2 Å². The van der Waals surface area contributed by atoms with Gasteiger partial charge in [-0.3, -0.25) is 29.4 Å². The number of hydrogen-bond acceptors (Lipinski definition) is 6. The SMILES string of the molecule is CC(C)(CN)CNCc1cccc2c1C(=O)N(C1CCC(=O)NC1=O)C2=O. The molecule has 1 saturated heterocycles. The Morgan fingerprint density at radius 1 is 1.22 bits per heavy atom. The Balaban J connectivity index is 1.82. The Morgan fingerprint density at radius 3 is 2.63 bits per heavy atom. The molecule has 2 aliphatic heterocycles. The molecular formula is C19H24N4O4. The van der Waals surface area contributed by atoms with Gasteiger partial charge in [0.05, 0.1) is 11.1 Å². The lowest BCUT2D eigenvalue weighted by Crippen LogP contribution is -2.54. The van der Waals surface area contributed by atoms with Gasteiger partial charge in [-0.05, 0) is 30.0 Å². The lowest BCUT2D eigenvalue weighted by Gasteiger charge is -2.27. The van der Waals surface area contributed by atoms with E-state index >= 15 is 0 Å². The molecule has 3 rings (SSSR count). The molecule has 1 aromatic rings. The monoisotopic (exact) mass is 372 g/mol. The van der Waals surface area contributed by atoms with Crippen LogP contribution in [-0.4, -0.2) is 47.7 Å². The second-order valence-corrected chi connectivity index (χ2v) is 7.76. The van der Waals surface area contributed by atoms with Crippen LogP contribution in [0.3, 0.4) is 0 Å². The van der Waals surface area contributed by atoms with E-state index in [2.05, 4.69) is 10.6 Å². The molecule has 1 atom stereocenters. The smallest absolute Gasteiger partial charge is 0.262 e. The summed E-state index contributed by atoms with van der Waals surface area (Å²) in [4.78, 5) is 50.2. The van der Waals surface area contributed by atoms with Crippen LogP contribution in [-0.2, 0) is 16.1 Å². The third-order valence-electron chi connectivity index (χ3n) is 5.03. The maximum absolute atomic E-state index is 13.0. The van der Waals surface area contributed by atoms with E-state index in [1.807, 2.05) is 13.8 Å². The van der Waals surface area contributed by atoms with Crippen LogP contribution >= 0.6 is 0 Å². The summed E-state index contributed by atoms with van der Waals surface area (Å²) in [7, 11) is 0. The number of hydrogen-bond donors (Lipinski definition) is 3. The highest BCUT2D eigenvalue weighted by molar-refractivity contribution is 6.24. The van der Waals surface area contributed by atoms with Crippen LogP contribution in [0.4, 0.5) is 0 Å². The topological polar surface area (TPSA) is 122 Å². The Kier molecular flexibility index (Phi) is 5.12. The fourth-order valence-electron chi connectivity index (χ4n) is 3.34. The minimum atomic E-state index is -0.952. The van der Waals surface area contributed by atoms with E-state index < -0.39 is 23.8 Å². The molecule has 1 unspecified atom stereocenters. The fourth-order valence-corrected chi connectivity index (χ4v) is 3.34. The molecule has 1 aromatic carbocycles. The van der Waals surface area contributed by atoms with E-state index in [-0.39, 0.29) is 24.2 Å². The average Bonchev–Trinajstić information content (AvgIpc) is 2.87. The van der Waals surface area contributed by atoms with Crippen LogP contribution in [0.2, 0.25) is 0 Å². The van der Waals surface area contributed by atoms with Gasteiger partial charge in [-0.15, -0.1) is 0 Å². The van der Waals surface area contributed by atoms with Crippen LogP contribution in [0, 0.1) is 5.41 Å². The van der Waals surface area contributed by atoms with Crippen LogP contribution in [0.25, 0.3) is 0 Å². The number of rotatable bonds is 6. The predicted octanol–water partition coefficient (Wildman–Crippen LogP) is 0.162. The molecule has 4 amide bonds. The third-order valence-corrected chi connectivity index (χ3v) is 5.03. The summed E-state index contributed by atoms with van der Waals surface area (Å²) < 4.78 is 0. The molecule has 1 fully saturated rings. The van der Waals surface area contributed by atoms with Crippen molar-refractivity contribution in [1.82, 2.24) is 15.5 Å². The van der Waals surface area contributed by atoms with Gasteiger partial charge in [-0.2, -0.15) is 0 Å². The molecule has 0 radical (unpaired) electrons. The number of nitrogens with one attached hydrogen (secondary N) is 2. The molecular weight excluding hydrogens is 348 g/mol. The summed E-state index contributed by atoms with van der Waals surface area (Å²) in [5, 5.41) is 5.48. The second kappa shape index (κ2) is 7.21. The van der Waals surface area contributed by atoms with Gasteiger partial charge in [0.15, 0.2) is 0 Å². The summed E-state index contributed by atoms with van der Waals surface area (Å²) >= 11 is 0. The van der Waals surface area contributed by atoms with Gasteiger partial charge in [0, 0.05) is 19.5 Å². The van der Waals surface area contributed by atoms with Crippen LogP contribution in [0.5, 0.6) is 0 Å². The van der Waals surface area contributed by atoms with Gasteiger partial charge in [0.25, 0.3) is 11.8 Å². The van der Waals surface area contributed by atoms with Crippen molar-refractivity contribution in [2.45, 2.75) is 39.3 Å². The van der Waals surface area contributed by atoms with Crippen molar-refractivity contribution in [3.05, 3.63) is 34.9 Å². The number of carbonyl (C=O) groups excluding carboxylic acids is 4. The van der Waals surface area contributed by atoms with Crippen LogP contribution < -0.4 is 16.4 Å². The molecule has 144 valence electrons. The largest absolute Gasteiger partial charge is 0.330 e. The Hall–Kier alpha value is -2.58. The zero-order valence-corrected chi connectivity index (χ0v) is 15.5. The number of amides is 4. The molecule has 4 N–H and O–H groups in total. The Labute approximate surface area is 157 Å². The van der Waals surface area contributed by atoms with Crippen molar-refractivity contribution in [3.63, 3.8) is 0 Å². The first kappa shape index (κ1) is 19.2. The third kappa shape index (κ3) is 3.63. The van der Waals surface area contributed by atoms with Gasteiger partial charge < -0.3 is 11.1 Å². The number of piperidine rings is 1. The average molecular weight is 372 g/mol. The minimum absolute atomic E-state index is 0.0868. The van der Waals surface area contributed by atoms with E-state index in [0.29, 0.717) is 36.3 Å². The zero-order chi connectivity index (χ0) is 19.8. The first-order valence-electron chi connectivity index (χ1n) is 8.99. The number of nitrogens with zero attached hydrogens (tertiary/aromatic N) is 1. The quantitative estimate of drug-likeness (QED) is 0.612. The zero-order valence-electron chi connectivity index (χ0n) is 15.5. The number of carbonyl (C=O) groups is 4. The lowest BCUT2D eigenvalue weighted by atomic mass is 9.93. The number of fused-ring (bicyclic) bond motifs is 1. The van der Waals surface area contributed by atoms with Crippen molar-refractivity contribution in [1.29, 1.82) is 0 Å². The van der Waals surface area contributed by atoms with Crippen LogP contribution in [0.1, 0.15) is 53.0 Å². The van der Waals surface area contributed by atoms with Gasteiger partial charge in [-0.1, -0.05) is 26.0 Å². The highest BCUT2D eigenvalue weighted by Gasteiger charge is 2.45. The number of nitrogens with two attached hydrogens (primary N) is 1. The van der Waals surface area contributed by atoms with Gasteiger partial charge >= 0.3 is 0 Å². The molecule has 0 saturated carbocycles. The van der Waals surface area contributed by atoms with Crippen molar-refractivity contribution < 1.29 is 19.2 Å². The van der Waals surface area contributed by atoms with E-state index in [1.165, 1.54) is 0 Å².